The van der Waals surface area contributed by atoms with Crippen LogP contribution in [0.25, 0.3) is 20.8 Å². The van der Waals surface area contributed by atoms with Crippen LogP contribution in [0.15, 0.2) is 48.5 Å². The van der Waals surface area contributed by atoms with Crippen molar-refractivity contribution in [2.75, 3.05) is 13.1 Å². The van der Waals surface area contributed by atoms with E-state index in [1.807, 2.05) is 47.4 Å². The minimum atomic E-state index is 0.153. The summed E-state index contributed by atoms with van der Waals surface area (Å²) >= 11 is 1.69. The van der Waals surface area contributed by atoms with Crippen LogP contribution in [0, 0.1) is 0 Å². The first-order valence-corrected chi connectivity index (χ1v) is 8.88. The van der Waals surface area contributed by atoms with Gasteiger partial charge in [0.2, 0.25) is 0 Å². The van der Waals surface area contributed by atoms with Gasteiger partial charge in [-0.05, 0) is 43.5 Å². The molecule has 0 N–H and O–H groups in total. The van der Waals surface area contributed by atoms with Gasteiger partial charge in [0.05, 0.1) is 10.2 Å². The minimum absolute atomic E-state index is 0.153. The van der Waals surface area contributed by atoms with Crippen molar-refractivity contribution >= 4 is 27.5 Å². The Kier molecular flexibility index (Phi) is 3.83. The second-order valence-electron chi connectivity index (χ2n) is 5.92. The topological polar surface area (TPSA) is 33.2 Å². The first-order valence-electron chi connectivity index (χ1n) is 8.06. The maximum absolute atomic E-state index is 12.5. The van der Waals surface area contributed by atoms with Crippen LogP contribution >= 0.6 is 11.3 Å². The van der Waals surface area contributed by atoms with E-state index in [2.05, 4.69) is 11.1 Å². The van der Waals surface area contributed by atoms with Crippen LogP contribution in [0.3, 0.4) is 0 Å². The van der Waals surface area contributed by atoms with Crippen molar-refractivity contribution in [3.05, 3.63) is 54.1 Å². The predicted octanol–water partition coefficient (Wildman–Crippen LogP) is 4.59. The number of hydrogen-bond acceptors (Lipinski definition) is 3. The van der Waals surface area contributed by atoms with E-state index in [0.29, 0.717) is 0 Å². The van der Waals surface area contributed by atoms with Gasteiger partial charge in [-0.15, -0.1) is 11.3 Å². The first-order chi connectivity index (χ1) is 11.3. The lowest BCUT2D eigenvalue weighted by atomic mass is 10.1. The highest BCUT2D eigenvalue weighted by Gasteiger charge is 2.18. The number of aromatic nitrogens is 1. The normalized spacial score (nSPS) is 15.0. The summed E-state index contributed by atoms with van der Waals surface area (Å²) in [5.74, 6) is 0.153. The molecule has 2 aromatic carbocycles. The number of benzene rings is 2. The fraction of sp³-hybridized carbons (Fsp3) is 0.263. The fourth-order valence-electron chi connectivity index (χ4n) is 3.03. The van der Waals surface area contributed by atoms with Gasteiger partial charge in [-0.1, -0.05) is 24.3 Å². The molecule has 3 nitrogen and oxygen atoms in total. The van der Waals surface area contributed by atoms with Crippen molar-refractivity contribution in [3.8, 4) is 10.6 Å². The van der Waals surface area contributed by atoms with E-state index < -0.39 is 0 Å². The molecule has 2 heterocycles. The summed E-state index contributed by atoms with van der Waals surface area (Å²) in [5, 5.41) is 1.00. The second kappa shape index (κ2) is 6.13. The molecule has 0 unspecified atom stereocenters. The standard InChI is InChI=1S/C19H18N2OS/c22-19(21-12-4-1-5-13-21)15-10-8-14(9-11-15)18-20-16-6-2-3-7-17(16)23-18/h2-3,6-11H,1,4-5,12-13H2. The molecule has 0 radical (unpaired) electrons. The smallest absolute Gasteiger partial charge is 0.253 e. The molecule has 4 heteroatoms. The lowest BCUT2D eigenvalue weighted by Crippen LogP contribution is -2.35. The van der Waals surface area contributed by atoms with Gasteiger partial charge in [0, 0.05) is 24.2 Å². The molecule has 116 valence electrons. The Bertz CT molecular complexity index is 799. The number of carbonyl (C=O) groups excluding carboxylic acids is 1. The molecule has 1 amide bonds. The van der Waals surface area contributed by atoms with E-state index in [0.717, 1.165) is 47.6 Å². The van der Waals surface area contributed by atoms with E-state index in [4.69, 9.17) is 0 Å². The van der Waals surface area contributed by atoms with Gasteiger partial charge in [0.25, 0.3) is 5.91 Å². The summed E-state index contributed by atoms with van der Waals surface area (Å²) in [5.41, 5.74) is 2.87. The highest BCUT2D eigenvalue weighted by Crippen LogP contribution is 2.30. The molecule has 1 saturated heterocycles. The van der Waals surface area contributed by atoms with Crippen molar-refractivity contribution in [1.29, 1.82) is 0 Å². The number of thiazole rings is 1. The van der Waals surface area contributed by atoms with Gasteiger partial charge in [-0.3, -0.25) is 4.79 Å². The molecular weight excluding hydrogens is 304 g/mol. The maximum Gasteiger partial charge on any atom is 0.253 e. The third-order valence-electron chi connectivity index (χ3n) is 4.32. The Morgan fingerprint density at radius 3 is 2.43 bits per heavy atom. The summed E-state index contributed by atoms with van der Waals surface area (Å²) in [6, 6.07) is 16.0. The van der Waals surface area contributed by atoms with E-state index >= 15 is 0 Å². The van der Waals surface area contributed by atoms with Crippen LogP contribution in [0.1, 0.15) is 29.6 Å². The first kappa shape index (κ1) is 14.4. The number of rotatable bonds is 2. The third kappa shape index (κ3) is 2.86. The van der Waals surface area contributed by atoms with Crippen LogP contribution in [-0.4, -0.2) is 28.9 Å². The quantitative estimate of drug-likeness (QED) is 0.691. The molecule has 0 bridgehead atoms. The second-order valence-corrected chi connectivity index (χ2v) is 6.95. The number of likely N-dealkylation sites (tertiary alicyclic amines) is 1. The zero-order valence-corrected chi connectivity index (χ0v) is 13.7. The van der Waals surface area contributed by atoms with Crippen LogP contribution < -0.4 is 0 Å². The Hall–Kier alpha value is -2.20. The molecule has 0 aliphatic carbocycles. The maximum atomic E-state index is 12.5. The molecule has 0 spiro atoms. The lowest BCUT2D eigenvalue weighted by Gasteiger charge is -2.26. The molecule has 1 aliphatic heterocycles. The Balaban J connectivity index is 1.58. The molecule has 1 aliphatic rings. The number of carbonyl (C=O) groups is 1. The van der Waals surface area contributed by atoms with Crippen LogP contribution in [0.4, 0.5) is 0 Å². The number of amides is 1. The molecule has 1 fully saturated rings. The van der Waals surface area contributed by atoms with Gasteiger partial charge in [0.15, 0.2) is 0 Å². The van der Waals surface area contributed by atoms with Crippen LogP contribution in [0.2, 0.25) is 0 Å². The van der Waals surface area contributed by atoms with Crippen molar-refractivity contribution in [1.82, 2.24) is 9.88 Å². The van der Waals surface area contributed by atoms with Crippen LogP contribution in [-0.2, 0) is 0 Å². The van der Waals surface area contributed by atoms with Gasteiger partial charge in [-0.2, -0.15) is 0 Å². The van der Waals surface area contributed by atoms with E-state index in [-0.39, 0.29) is 5.91 Å². The zero-order chi connectivity index (χ0) is 15.6. The Morgan fingerprint density at radius 2 is 1.70 bits per heavy atom. The van der Waals surface area contributed by atoms with E-state index in [1.165, 1.54) is 11.1 Å². The predicted molar refractivity (Wildman–Crippen MR) is 94.8 cm³/mol. The molecule has 0 saturated carbocycles. The van der Waals surface area contributed by atoms with Crippen molar-refractivity contribution in [2.45, 2.75) is 19.3 Å². The highest BCUT2D eigenvalue weighted by atomic mass is 32.1. The fourth-order valence-corrected chi connectivity index (χ4v) is 4.00. The summed E-state index contributed by atoms with van der Waals surface area (Å²) in [4.78, 5) is 19.1. The number of hydrogen-bond donors (Lipinski definition) is 0. The molecule has 3 aromatic rings. The van der Waals surface area contributed by atoms with Gasteiger partial charge < -0.3 is 4.90 Å². The molecule has 23 heavy (non-hydrogen) atoms. The monoisotopic (exact) mass is 322 g/mol. The molecule has 4 rings (SSSR count). The number of piperidine rings is 1. The van der Waals surface area contributed by atoms with E-state index in [9.17, 15) is 4.79 Å². The molecular formula is C19H18N2OS. The van der Waals surface area contributed by atoms with Gasteiger partial charge in [-0.25, -0.2) is 4.98 Å². The Labute approximate surface area is 139 Å². The van der Waals surface area contributed by atoms with Crippen molar-refractivity contribution in [2.24, 2.45) is 0 Å². The molecule has 0 atom stereocenters. The van der Waals surface area contributed by atoms with Crippen molar-refractivity contribution in [3.63, 3.8) is 0 Å². The summed E-state index contributed by atoms with van der Waals surface area (Å²) in [6.07, 6.45) is 3.48. The lowest BCUT2D eigenvalue weighted by molar-refractivity contribution is 0.0724. The minimum Gasteiger partial charge on any atom is -0.339 e. The number of para-hydroxylation sites is 1. The highest BCUT2D eigenvalue weighted by molar-refractivity contribution is 7.21. The van der Waals surface area contributed by atoms with Gasteiger partial charge >= 0.3 is 0 Å². The summed E-state index contributed by atoms with van der Waals surface area (Å²) in [6.45, 7) is 1.77. The van der Waals surface area contributed by atoms with E-state index in [1.54, 1.807) is 11.3 Å². The average Bonchev–Trinajstić information content (AvgIpc) is 3.06. The zero-order valence-electron chi connectivity index (χ0n) is 12.9. The SMILES string of the molecule is O=C(c1ccc(-c2nc3ccccc3s2)cc1)N1CCCCC1. The Morgan fingerprint density at radius 1 is 0.957 bits per heavy atom. The molecule has 1 aromatic heterocycles. The average molecular weight is 322 g/mol. The number of nitrogens with zero attached hydrogens (tertiary/aromatic N) is 2. The summed E-state index contributed by atoms with van der Waals surface area (Å²) in [7, 11) is 0. The largest absolute Gasteiger partial charge is 0.339 e. The third-order valence-corrected chi connectivity index (χ3v) is 5.40. The van der Waals surface area contributed by atoms with Crippen LogP contribution in [0.5, 0.6) is 0 Å². The van der Waals surface area contributed by atoms with Crippen molar-refractivity contribution < 1.29 is 4.79 Å². The number of fused-ring (bicyclic) bond motifs is 1. The van der Waals surface area contributed by atoms with Gasteiger partial charge in [0.1, 0.15) is 5.01 Å². The summed E-state index contributed by atoms with van der Waals surface area (Å²) < 4.78 is 1.19.